The van der Waals surface area contributed by atoms with E-state index in [-0.39, 0.29) is 18.6 Å². The Hall–Kier alpha value is -2.04. The molecule has 1 aliphatic rings. The highest BCUT2D eigenvalue weighted by atomic mass is 16.5. The van der Waals surface area contributed by atoms with E-state index in [0.717, 1.165) is 12.8 Å². The van der Waals surface area contributed by atoms with E-state index >= 15 is 0 Å². The Kier molecular flexibility index (Phi) is 5.20. The molecule has 1 aromatic rings. The highest BCUT2D eigenvalue weighted by Crippen LogP contribution is 2.33. The lowest BCUT2D eigenvalue weighted by Crippen LogP contribution is -2.42. The van der Waals surface area contributed by atoms with Crippen LogP contribution in [0.2, 0.25) is 0 Å². The highest BCUT2D eigenvalue weighted by Gasteiger charge is 2.30. The summed E-state index contributed by atoms with van der Waals surface area (Å²) < 4.78 is 4.81. The molecule has 2 amide bonds. The number of carbonyl (C=O) groups is 2. The third-order valence-electron chi connectivity index (χ3n) is 3.75. The fourth-order valence-corrected chi connectivity index (χ4v) is 2.76. The van der Waals surface area contributed by atoms with Crippen molar-refractivity contribution in [3.05, 3.63) is 35.4 Å². The van der Waals surface area contributed by atoms with E-state index in [1.165, 1.54) is 11.1 Å². The average molecular weight is 290 g/mol. The van der Waals surface area contributed by atoms with Gasteiger partial charge in [0.25, 0.3) is 0 Å². The van der Waals surface area contributed by atoms with Crippen LogP contribution in [0.25, 0.3) is 0 Å². The van der Waals surface area contributed by atoms with Gasteiger partial charge in [0.1, 0.15) is 6.54 Å². The maximum absolute atomic E-state index is 12.3. The van der Waals surface area contributed by atoms with Crippen LogP contribution in [0.15, 0.2) is 24.3 Å². The summed E-state index contributed by atoms with van der Waals surface area (Å²) in [4.78, 5) is 25.4. The average Bonchev–Trinajstić information content (AvgIpc) is 2.95. The second kappa shape index (κ2) is 7.11. The Morgan fingerprint density at radius 2 is 2.14 bits per heavy atom. The van der Waals surface area contributed by atoms with Gasteiger partial charge in [0.05, 0.1) is 12.6 Å². The van der Waals surface area contributed by atoms with Crippen molar-refractivity contribution >= 4 is 12.0 Å². The van der Waals surface area contributed by atoms with Gasteiger partial charge in [-0.25, -0.2) is 4.79 Å². The summed E-state index contributed by atoms with van der Waals surface area (Å²) in [6.07, 6.45) is 1.93. The second-order valence-electron chi connectivity index (χ2n) is 5.17. The van der Waals surface area contributed by atoms with Crippen molar-refractivity contribution in [2.75, 3.05) is 19.7 Å². The van der Waals surface area contributed by atoms with E-state index < -0.39 is 5.97 Å². The van der Waals surface area contributed by atoms with Crippen molar-refractivity contribution in [1.29, 1.82) is 0 Å². The van der Waals surface area contributed by atoms with Crippen molar-refractivity contribution < 1.29 is 14.3 Å². The number of rotatable bonds is 4. The van der Waals surface area contributed by atoms with E-state index in [1.54, 1.807) is 6.92 Å². The van der Waals surface area contributed by atoms with Crippen LogP contribution in [-0.2, 0) is 9.53 Å². The molecule has 0 unspecified atom stereocenters. The number of benzene rings is 1. The fourth-order valence-electron chi connectivity index (χ4n) is 2.76. The molecule has 114 valence electrons. The van der Waals surface area contributed by atoms with Crippen LogP contribution in [0, 0.1) is 6.92 Å². The molecular weight excluding hydrogens is 268 g/mol. The van der Waals surface area contributed by atoms with Gasteiger partial charge in [0.2, 0.25) is 0 Å². The largest absolute Gasteiger partial charge is 0.465 e. The third-order valence-corrected chi connectivity index (χ3v) is 3.75. The molecule has 0 saturated carbocycles. The number of urea groups is 1. The first-order valence-corrected chi connectivity index (χ1v) is 7.39. The molecule has 0 aromatic heterocycles. The van der Waals surface area contributed by atoms with Crippen molar-refractivity contribution in [1.82, 2.24) is 10.2 Å². The lowest BCUT2D eigenvalue weighted by Gasteiger charge is -2.26. The molecule has 1 atom stereocenters. The fraction of sp³-hybridized carbons (Fsp3) is 0.500. The summed E-state index contributed by atoms with van der Waals surface area (Å²) in [7, 11) is 0. The predicted octanol–water partition coefficient (Wildman–Crippen LogP) is 2.40. The topological polar surface area (TPSA) is 58.6 Å². The van der Waals surface area contributed by atoms with E-state index in [1.807, 2.05) is 17.0 Å². The summed E-state index contributed by atoms with van der Waals surface area (Å²) in [6.45, 7) is 4.76. The van der Waals surface area contributed by atoms with Crippen LogP contribution in [0.1, 0.15) is 36.9 Å². The number of amides is 2. The zero-order valence-corrected chi connectivity index (χ0v) is 12.6. The standard InChI is InChI=1S/C16H22N2O3/c1-3-21-15(19)11-17-16(20)18-10-6-9-14(18)13-8-5-4-7-12(13)2/h4-5,7-8,14H,3,6,9-11H2,1-2H3,(H,17,20)/t14-/m0/s1. The normalized spacial score (nSPS) is 17.6. The molecule has 1 aromatic carbocycles. The monoisotopic (exact) mass is 290 g/mol. The maximum Gasteiger partial charge on any atom is 0.325 e. The zero-order valence-electron chi connectivity index (χ0n) is 12.6. The molecular formula is C16H22N2O3. The predicted molar refractivity (Wildman–Crippen MR) is 79.9 cm³/mol. The molecule has 0 aliphatic carbocycles. The van der Waals surface area contributed by atoms with E-state index in [0.29, 0.717) is 13.2 Å². The molecule has 1 N–H and O–H groups in total. The summed E-state index contributed by atoms with van der Waals surface area (Å²) in [6, 6.07) is 8.01. The van der Waals surface area contributed by atoms with Crippen LogP contribution < -0.4 is 5.32 Å². The number of hydrogen-bond acceptors (Lipinski definition) is 3. The number of nitrogens with zero attached hydrogens (tertiary/aromatic N) is 1. The first-order chi connectivity index (χ1) is 10.1. The SMILES string of the molecule is CCOC(=O)CNC(=O)N1CCC[C@H]1c1ccccc1C. The molecule has 0 bridgehead atoms. The zero-order chi connectivity index (χ0) is 15.2. The Balaban J connectivity index is 2.00. The van der Waals surface area contributed by atoms with Crippen LogP contribution in [-0.4, -0.2) is 36.6 Å². The highest BCUT2D eigenvalue weighted by molar-refractivity contribution is 5.81. The molecule has 0 spiro atoms. The molecule has 1 fully saturated rings. The molecule has 21 heavy (non-hydrogen) atoms. The minimum Gasteiger partial charge on any atom is -0.465 e. The Labute approximate surface area is 125 Å². The van der Waals surface area contributed by atoms with Crippen LogP contribution >= 0.6 is 0 Å². The van der Waals surface area contributed by atoms with Crippen LogP contribution in [0.4, 0.5) is 4.79 Å². The quantitative estimate of drug-likeness (QED) is 0.866. The minimum atomic E-state index is -0.405. The molecule has 0 radical (unpaired) electrons. The number of carbonyl (C=O) groups excluding carboxylic acids is 2. The third kappa shape index (κ3) is 3.74. The van der Waals surface area contributed by atoms with Gasteiger partial charge >= 0.3 is 12.0 Å². The molecule has 5 nitrogen and oxygen atoms in total. The summed E-state index contributed by atoms with van der Waals surface area (Å²) in [5.41, 5.74) is 2.37. The van der Waals surface area contributed by atoms with E-state index in [9.17, 15) is 9.59 Å². The molecule has 1 saturated heterocycles. The van der Waals surface area contributed by atoms with Crippen molar-refractivity contribution in [3.63, 3.8) is 0 Å². The molecule has 2 rings (SSSR count). The van der Waals surface area contributed by atoms with Crippen molar-refractivity contribution in [3.8, 4) is 0 Å². The number of nitrogens with one attached hydrogen (secondary N) is 1. The molecule has 1 heterocycles. The van der Waals surface area contributed by atoms with Gasteiger partial charge in [0, 0.05) is 6.54 Å². The van der Waals surface area contributed by atoms with Gasteiger partial charge in [-0.1, -0.05) is 24.3 Å². The van der Waals surface area contributed by atoms with E-state index in [2.05, 4.69) is 24.4 Å². The first-order valence-electron chi connectivity index (χ1n) is 7.39. The number of aryl methyl sites for hydroxylation is 1. The van der Waals surface area contributed by atoms with Crippen molar-refractivity contribution in [2.24, 2.45) is 0 Å². The lowest BCUT2D eigenvalue weighted by atomic mass is 9.99. The number of hydrogen-bond donors (Lipinski definition) is 1. The Morgan fingerprint density at radius 3 is 2.86 bits per heavy atom. The lowest BCUT2D eigenvalue weighted by molar-refractivity contribution is -0.141. The van der Waals surface area contributed by atoms with Gasteiger partial charge in [-0.3, -0.25) is 4.79 Å². The van der Waals surface area contributed by atoms with Crippen LogP contribution in [0.3, 0.4) is 0 Å². The van der Waals surface area contributed by atoms with Crippen LogP contribution in [0.5, 0.6) is 0 Å². The summed E-state index contributed by atoms with van der Waals surface area (Å²) in [5.74, 6) is -0.405. The summed E-state index contributed by atoms with van der Waals surface area (Å²) >= 11 is 0. The van der Waals surface area contributed by atoms with Gasteiger partial charge < -0.3 is 15.0 Å². The second-order valence-corrected chi connectivity index (χ2v) is 5.17. The van der Waals surface area contributed by atoms with Gasteiger partial charge in [-0.05, 0) is 37.8 Å². The van der Waals surface area contributed by atoms with Gasteiger partial charge in [0.15, 0.2) is 0 Å². The number of likely N-dealkylation sites (tertiary alicyclic amines) is 1. The van der Waals surface area contributed by atoms with E-state index in [4.69, 9.17) is 4.74 Å². The minimum absolute atomic E-state index is 0.0797. The number of esters is 1. The first kappa shape index (κ1) is 15.4. The summed E-state index contributed by atoms with van der Waals surface area (Å²) in [5, 5.41) is 2.64. The van der Waals surface area contributed by atoms with Gasteiger partial charge in [-0.15, -0.1) is 0 Å². The Morgan fingerprint density at radius 1 is 1.38 bits per heavy atom. The van der Waals surface area contributed by atoms with Gasteiger partial charge in [-0.2, -0.15) is 0 Å². The van der Waals surface area contributed by atoms with Crippen molar-refractivity contribution in [2.45, 2.75) is 32.7 Å². The number of ether oxygens (including phenoxy) is 1. The molecule has 5 heteroatoms. The Bertz CT molecular complexity index is 516. The smallest absolute Gasteiger partial charge is 0.325 e. The maximum atomic E-state index is 12.3. The molecule has 1 aliphatic heterocycles.